The van der Waals surface area contributed by atoms with E-state index in [-0.39, 0.29) is 11.7 Å². The van der Waals surface area contributed by atoms with Crippen LogP contribution in [0.15, 0.2) is 52.2 Å². The lowest BCUT2D eigenvalue weighted by atomic mass is 10.2. The Morgan fingerprint density at radius 3 is 2.64 bits per heavy atom. The summed E-state index contributed by atoms with van der Waals surface area (Å²) in [5.74, 6) is 1.64. The molecule has 0 spiro atoms. The van der Waals surface area contributed by atoms with E-state index in [9.17, 15) is 4.79 Å². The van der Waals surface area contributed by atoms with Crippen LogP contribution in [0.3, 0.4) is 0 Å². The molecule has 0 radical (unpaired) electrons. The van der Waals surface area contributed by atoms with E-state index in [4.69, 9.17) is 9.15 Å². The lowest BCUT2D eigenvalue weighted by Gasteiger charge is -2.36. The van der Waals surface area contributed by atoms with Crippen molar-refractivity contribution < 1.29 is 13.9 Å². The third-order valence-corrected chi connectivity index (χ3v) is 5.43. The van der Waals surface area contributed by atoms with Crippen LogP contribution < -0.4 is 9.64 Å². The maximum atomic E-state index is 12.5. The second-order valence-electron chi connectivity index (χ2n) is 6.31. The number of hydrogen-bond acceptors (Lipinski definition) is 7. The minimum atomic E-state index is 0.0824. The van der Waals surface area contributed by atoms with Gasteiger partial charge in [0.2, 0.25) is 5.91 Å². The van der Waals surface area contributed by atoms with Gasteiger partial charge in [0.05, 0.1) is 12.9 Å². The zero-order chi connectivity index (χ0) is 19.3. The predicted molar refractivity (Wildman–Crippen MR) is 107 cm³/mol. The average Bonchev–Trinajstić information content (AvgIpc) is 3.44. The Hall–Kier alpha value is -2.94. The summed E-state index contributed by atoms with van der Waals surface area (Å²) >= 11 is 1.27. The van der Waals surface area contributed by atoms with Crippen LogP contribution in [0, 0.1) is 0 Å². The van der Waals surface area contributed by atoms with E-state index < -0.39 is 0 Å². The van der Waals surface area contributed by atoms with Crippen LogP contribution in [0.5, 0.6) is 5.75 Å². The topological polar surface area (TPSA) is 87.5 Å². The SMILES string of the molecule is COc1ccc(N2CCN(C(=O)CSc3nnc(-c4ccc[nH]4)o3)CC2)cc1. The second kappa shape index (κ2) is 8.39. The fourth-order valence-corrected chi connectivity index (χ4v) is 3.73. The molecule has 4 rings (SSSR count). The van der Waals surface area contributed by atoms with Crippen LogP contribution in [0.4, 0.5) is 5.69 Å². The van der Waals surface area contributed by atoms with Crippen molar-refractivity contribution in [1.29, 1.82) is 0 Å². The highest BCUT2D eigenvalue weighted by Gasteiger charge is 2.22. The van der Waals surface area contributed by atoms with Gasteiger partial charge in [-0.3, -0.25) is 4.79 Å². The summed E-state index contributed by atoms with van der Waals surface area (Å²) in [5.41, 5.74) is 1.91. The molecule has 1 saturated heterocycles. The Labute approximate surface area is 166 Å². The molecule has 8 nitrogen and oxygen atoms in total. The molecule has 3 aromatic rings. The molecule has 1 fully saturated rings. The summed E-state index contributed by atoms with van der Waals surface area (Å²) in [6.45, 7) is 3.01. The van der Waals surface area contributed by atoms with Crippen LogP contribution in [0.2, 0.25) is 0 Å². The maximum absolute atomic E-state index is 12.5. The number of amides is 1. The molecular weight excluding hydrogens is 378 g/mol. The molecule has 0 aliphatic carbocycles. The summed E-state index contributed by atoms with van der Waals surface area (Å²) < 4.78 is 10.8. The van der Waals surface area contributed by atoms with Gasteiger partial charge in [-0.1, -0.05) is 11.8 Å². The van der Waals surface area contributed by atoms with Crippen molar-refractivity contribution in [3.8, 4) is 17.3 Å². The zero-order valence-corrected chi connectivity index (χ0v) is 16.3. The number of benzene rings is 1. The number of ether oxygens (including phenoxy) is 1. The highest BCUT2D eigenvalue weighted by molar-refractivity contribution is 7.99. The van der Waals surface area contributed by atoms with Crippen LogP contribution in [-0.4, -0.2) is 65.0 Å². The van der Waals surface area contributed by atoms with E-state index in [2.05, 4.69) is 20.1 Å². The van der Waals surface area contributed by atoms with Crippen molar-refractivity contribution in [2.24, 2.45) is 0 Å². The molecule has 9 heteroatoms. The minimum absolute atomic E-state index is 0.0824. The Balaban J connectivity index is 1.26. The quantitative estimate of drug-likeness (QED) is 0.637. The van der Waals surface area contributed by atoms with Gasteiger partial charge >= 0.3 is 0 Å². The second-order valence-corrected chi connectivity index (χ2v) is 7.24. The number of thioether (sulfide) groups is 1. The standard InChI is InChI=1S/C19H21N5O3S/c1-26-15-6-4-14(5-7-15)23-9-11-24(12-10-23)17(25)13-28-19-22-21-18(27-19)16-3-2-8-20-16/h2-8,20H,9-13H2,1H3. The molecule has 2 aromatic heterocycles. The summed E-state index contributed by atoms with van der Waals surface area (Å²) in [5, 5.41) is 8.39. The number of piperazine rings is 1. The molecule has 1 N–H and O–H groups in total. The van der Waals surface area contributed by atoms with Gasteiger partial charge in [0, 0.05) is 38.1 Å². The Morgan fingerprint density at radius 2 is 1.96 bits per heavy atom. The number of H-pyrrole nitrogens is 1. The number of nitrogens with zero attached hydrogens (tertiary/aromatic N) is 4. The van der Waals surface area contributed by atoms with E-state index in [1.165, 1.54) is 11.8 Å². The monoisotopic (exact) mass is 399 g/mol. The fraction of sp³-hybridized carbons (Fsp3) is 0.316. The third kappa shape index (κ3) is 4.14. The highest BCUT2D eigenvalue weighted by atomic mass is 32.2. The van der Waals surface area contributed by atoms with Gasteiger partial charge in [0.25, 0.3) is 11.1 Å². The van der Waals surface area contributed by atoms with Crippen LogP contribution in [0.25, 0.3) is 11.6 Å². The van der Waals surface area contributed by atoms with E-state index in [0.29, 0.717) is 24.2 Å². The predicted octanol–water partition coefficient (Wildman–Crippen LogP) is 2.51. The summed E-state index contributed by atoms with van der Waals surface area (Å²) in [6.07, 6.45) is 1.79. The Bertz CT molecular complexity index is 902. The van der Waals surface area contributed by atoms with E-state index in [1.807, 2.05) is 41.3 Å². The van der Waals surface area contributed by atoms with Gasteiger partial charge in [0.1, 0.15) is 11.4 Å². The lowest BCUT2D eigenvalue weighted by Crippen LogP contribution is -2.49. The van der Waals surface area contributed by atoms with E-state index >= 15 is 0 Å². The lowest BCUT2D eigenvalue weighted by molar-refractivity contribution is -0.128. The molecule has 1 aliphatic heterocycles. The average molecular weight is 399 g/mol. The minimum Gasteiger partial charge on any atom is -0.497 e. The Morgan fingerprint density at radius 1 is 1.18 bits per heavy atom. The van der Waals surface area contributed by atoms with E-state index in [0.717, 1.165) is 30.2 Å². The first-order chi connectivity index (χ1) is 13.7. The molecule has 0 unspecified atom stereocenters. The number of rotatable bonds is 6. The number of hydrogen-bond donors (Lipinski definition) is 1. The highest BCUT2D eigenvalue weighted by Crippen LogP contribution is 2.23. The van der Waals surface area contributed by atoms with Gasteiger partial charge < -0.3 is 23.9 Å². The van der Waals surface area contributed by atoms with Crippen molar-refractivity contribution in [1.82, 2.24) is 20.1 Å². The number of methoxy groups -OCH3 is 1. The molecule has 0 atom stereocenters. The maximum Gasteiger partial charge on any atom is 0.277 e. The van der Waals surface area contributed by atoms with Gasteiger partial charge in [-0.05, 0) is 36.4 Å². The molecular formula is C19H21N5O3S. The van der Waals surface area contributed by atoms with Crippen molar-refractivity contribution in [3.05, 3.63) is 42.6 Å². The van der Waals surface area contributed by atoms with Crippen LogP contribution in [-0.2, 0) is 4.79 Å². The van der Waals surface area contributed by atoms with Crippen molar-refractivity contribution in [2.45, 2.75) is 5.22 Å². The first-order valence-electron chi connectivity index (χ1n) is 9.00. The number of carbonyl (C=O) groups excluding carboxylic acids is 1. The first kappa shape index (κ1) is 18.4. The van der Waals surface area contributed by atoms with Crippen LogP contribution >= 0.6 is 11.8 Å². The largest absolute Gasteiger partial charge is 0.497 e. The van der Waals surface area contributed by atoms with Gasteiger partial charge in [-0.2, -0.15) is 0 Å². The smallest absolute Gasteiger partial charge is 0.277 e. The number of aromatic nitrogens is 3. The molecule has 1 aliphatic rings. The summed E-state index contributed by atoms with van der Waals surface area (Å²) in [7, 11) is 1.66. The van der Waals surface area contributed by atoms with Gasteiger partial charge in [-0.25, -0.2) is 0 Å². The third-order valence-electron chi connectivity index (χ3n) is 4.62. The van der Waals surface area contributed by atoms with Crippen molar-refractivity contribution in [2.75, 3.05) is 43.9 Å². The molecule has 3 heterocycles. The Kier molecular flexibility index (Phi) is 5.52. The number of nitrogens with one attached hydrogen (secondary N) is 1. The van der Waals surface area contributed by atoms with Gasteiger partial charge in [-0.15, -0.1) is 10.2 Å². The molecule has 1 amide bonds. The summed E-state index contributed by atoms with van der Waals surface area (Å²) in [4.78, 5) is 19.7. The van der Waals surface area contributed by atoms with Gasteiger partial charge in [0.15, 0.2) is 0 Å². The molecule has 28 heavy (non-hydrogen) atoms. The molecule has 0 bridgehead atoms. The summed E-state index contributed by atoms with van der Waals surface area (Å²) in [6, 6.07) is 11.7. The van der Waals surface area contributed by atoms with Crippen molar-refractivity contribution in [3.63, 3.8) is 0 Å². The van der Waals surface area contributed by atoms with E-state index in [1.54, 1.807) is 13.3 Å². The number of anilines is 1. The van der Waals surface area contributed by atoms with Crippen molar-refractivity contribution >= 4 is 23.4 Å². The normalized spacial score (nSPS) is 14.3. The number of aromatic amines is 1. The van der Waals surface area contributed by atoms with Crippen LogP contribution in [0.1, 0.15) is 0 Å². The fourth-order valence-electron chi connectivity index (χ4n) is 3.06. The molecule has 0 saturated carbocycles. The molecule has 146 valence electrons. The molecule has 1 aromatic carbocycles. The zero-order valence-electron chi connectivity index (χ0n) is 15.5. The number of carbonyl (C=O) groups is 1. The first-order valence-corrected chi connectivity index (χ1v) is 9.98.